The first-order chi connectivity index (χ1) is 8.47. The van der Waals surface area contributed by atoms with E-state index in [4.69, 9.17) is 5.73 Å². The van der Waals surface area contributed by atoms with Gasteiger partial charge in [-0.3, -0.25) is 0 Å². The van der Waals surface area contributed by atoms with Crippen molar-refractivity contribution in [3.63, 3.8) is 0 Å². The number of nitrogens with two attached hydrogens (primary N) is 1. The minimum atomic E-state index is -3.47. The van der Waals surface area contributed by atoms with Gasteiger partial charge in [0.1, 0.15) is 4.90 Å². The smallest absolute Gasteiger partial charge is 0.242 e. The van der Waals surface area contributed by atoms with Crippen LogP contribution < -0.4 is 15.8 Å². The molecule has 1 rings (SSSR count). The van der Waals surface area contributed by atoms with Gasteiger partial charge in [-0.05, 0) is 38.9 Å². The largest absolute Gasteiger partial charge is 0.384 e. The van der Waals surface area contributed by atoms with E-state index in [2.05, 4.69) is 10.0 Å². The Morgan fingerprint density at radius 1 is 1.28 bits per heavy atom. The van der Waals surface area contributed by atoms with Crippen molar-refractivity contribution in [1.29, 1.82) is 0 Å². The summed E-state index contributed by atoms with van der Waals surface area (Å²) >= 11 is 0. The quantitative estimate of drug-likeness (QED) is 0.649. The standard InChI is InChI=1S/C12H21N3O2S/c1-10(2)15-18(16,17)12-7-4-3-6-11(12)14-9-5-8-13/h3-4,6-7,10,14-15H,5,8-9,13H2,1-2H3. The number of anilines is 1. The van der Waals surface area contributed by atoms with E-state index in [9.17, 15) is 8.42 Å². The summed E-state index contributed by atoms with van der Waals surface area (Å²) in [5.74, 6) is 0. The zero-order valence-corrected chi connectivity index (χ0v) is 11.6. The highest BCUT2D eigenvalue weighted by Crippen LogP contribution is 2.20. The Balaban J connectivity index is 2.94. The van der Waals surface area contributed by atoms with Crippen LogP contribution in [0, 0.1) is 0 Å². The minimum Gasteiger partial charge on any atom is -0.384 e. The summed E-state index contributed by atoms with van der Waals surface area (Å²) in [5.41, 5.74) is 6.02. The van der Waals surface area contributed by atoms with Crippen LogP contribution in [0.15, 0.2) is 29.2 Å². The first kappa shape index (κ1) is 14.9. The Morgan fingerprint density at radius 2 is 1.94 bits per heavy atom. The Labute approximate surface area is 109 Å². The molecule has 0 amide bonds. The predicted octanol–water partition coefficient (Wildman–Crippen LogP) is 1.13. The highest BCUT2D eigenvalue weighted by molar-refractivity contribution is 7.89. The van der Waals surface area contributed by atoms with Crippen LogP contribution in [-0.4, -0.2) is 27.5 Å². The van der Waals surface area contributed by atoms with Crippen LogP contribution in [0.25, 0.3) is 0 Å². The van der Waals surface area contributed by atoms with E-state index >= 15 is 0 Å². The van der Waals surface area contributed by atoms with E-state index in [0.29, 0.717) is 18.8 Å². The summed E-state index contributed by atoms with van der Waals surface area (Å²) in [6, 6.07) is 6.73. The summed E-state index contributed by atoms with van der Waals surface area (Å²) in [5, 5.41) is 3.09. The monoisotopic (exact) mass is 271 g/mol. The number of hydrogen-bond acceptors (Lipinski definition) is 4. The van der Waals surface area contributed by atoms with Gasteiger partial charge in [0.05, 0.1) is 5.69 Å². The second kappa shape index (κ2) is 6.72. The van der Waals surface area contributed by atoms with Gasteiger partial charge in [-0.2, -0.15) is 0 Å². The number of nitrogens with one attached hydrogen (secondary N) is 2. The number of sulfonamides is 1. The van der Waals surface area contributed by atoms with Crippen molar-refractivity contribution in [1.82, 2.24) is 4.72 Å². The van der Waals surface area contributed by atoms with Crippen molar-refractivity contribution in [2.45, 2.75) is 31.2 Å². The van der Waals surface area contributed by atoms with Crippen LogP contribution in [0.4, 0.5) is 5.69 Å². The van der Waals surface area contributed by atoms with Crippen molar-refractivity contribution in [2.75, 3.05) is 18.4 Å². The normalized spacial score (nSPS) is 11.8. The SMILES string of the molecule is CC(C)NS(=O)(=O)c1ccccc1NCCCN. The molecule has 0 aliphatic carbocycles. The lowest BCUT2D eigenvalue weighted by molar-refractivity contribution is 0.570. The first-order valence-electron chi connectivity index (χ1n) is 6.02. The highest BCUT2D eigenvalue weighted by Gasteiger charge is 2.18. The summed E-state index contributed by atoms with van der Waals surface area (Å²) in [4.78, 5) is 0.274. The lowest BCUT2D eigenvalue weighted by Crippen LogP contribution is -2.30. The van der Waals surface area contributed by atoms with Crippen molar-refractivity contribution in [3.05, 3.63) is 24.3 Å². The van der Waals surface area contributed by atoms with Gasteiger partial charge in [0.15, 0.2) is 0 Å². The molecule has 0 aliphatic rings. The molecule has 0 aromatic heterocycles. The zero-order chi connectivity index (χ0) is 13.6. The molecule has 0 saturated carbocycles. The van der Waals surface area contributed by atoms with E-state index in [1.165, 1.54) is 0 Å². The van der Waals surface area contributed by atoms with Crippen LogP contribution >= 0.6 is 0 Å². The molecule has 4 N–H and O–H groups in total. The molecule has 0 radical (unpaired) electrons. The molecular formula is C12H21N3O2S. The molecule has 0 spiro atoms. The molecule has 0 atom stereocenters. The molecule has 6 heteroatoms. The molecule has 102 valence electrons. The predicted molar refractivity (Wildman–Crippen MR) is 74.1 cm³/mol. The van der Waals surface area contributed by atoms with Crippen LogP contribution in [0.3, 0.4) is 0 Å². The third-order valence-corrected chi connectivity index (χ3v) is 3.98. The summed E-state index contributed by atoms with van der Waals surface area (Å²) in [7, 11) is -3.47. The summed E-state index contributed by atoms with van der Waals surface area (Å²) < 4.78 is 26.8. The van der Waals surface area contributed by atoms with Gasteiger partial charge in [-0.1, -0.05) is 12.1 Å². The van der Waals surface area contributed by atoms with E-state index < -0.39 is 10.0 Å². The van der Waals surface area contributed by atoms with Gasteiger partial charge >= 0.3 is 0 Å². The third-order valence-electron chi connectivity index (χ3n) is 2.26. The molecule has 0 fully saturated rings. The van der Waals surface area contributed by atoms with E-state index in [1.807, 2.05) is 0 Å². The van der Waals surface area contributed by atoms with Crippen LogP contribution in [0.1, 0.15) is 20.3 Å². The number of benzene rings is 1. The lowest BCUT2D eigenvalue weighted by atomic mass is 10.3. The Hall–Kier alpha value is -1.11. The fourth-order valence-electron chi connectivity index (χ4n) is 1.55. The molecule has 0 bridgehead atoms. The van der Waals surface area contributed by atoms with Gasteiger partial charge in [0.2, 0.25) is 10.0 Å². The summed E-state index contributed by atoms with van der Waals surface area (Å²) in [6.45, 7) is 4.82. The fourth-order valence-corrected chi connectivity index (χ4v) is 2.98. The Kier molecular flexibility index (Phi) is 5.58. The second-order valence-corrected chi connectivity index (χ2v) is 6.02. The molecule has 0 aliphatic heterocycles. The zero-order valence-electron chi connectivity index (χ0n) is 10.8. The molecule has 0 saturated heterocycles. The highest BCUT2D eigenvalue weighted by atomic mass is 32.2. The molecule has 1 aromatic carbocycles. The van der Waals surface area contributed by atoms with E-state index in [1.54, 1.807) is 38.1 Å². The van der Waals surface area contributed by atoms with Gasteiger partial charge < -0.3 is 11.1 Å². The van der Waals surface area contributed by atoms with Crippen molar-refractivity contribution < 1.29 is 8.42 Å². The van der Waals surface area contributed by atoms with Crippen molar-refractivity contribution in [2.24, 2.45) is 5.73 Å². The van der Waals surface area contributed by atoms with Gasteiger partial charge in [-0.15, -0.1) is 0 Å². The van der Waals surface area contributed by atoms with Crippen molar-refractivity contribution >= 4 is 15.7 Å². The van der Waals surface area contributed by atoms with Crippen LogP contribution in [0.2, 0.25) is 0 Å². The third kappa shape index (κ3) is 4.29. The number of para-hydroxylation sites is 1. The maximum atomic E-state index is 12.1. The molecule has 18 heavy (non-hydrogen) atoms. The van der Waals surface area contributed by atoms with E-state index in [0.717, 1.165) is 6.42 Å². The van der Waals surface area contributed by atoms with Crippen molar-refractivity contribution in [3.8, 4) is 0 Å². The van der Waals surface area contributed by atoms with Crippen LogP contribution in [-0.2, 0) is 10.0 Å². The molecule has 0 heterocycles. The second-order valence-electron chi connectivity index (χ2n) is 4.34. The van der Waals surface area contributed by atoms with Gasteiger partial charge in [0, 0.05) is 12.6 Å². The topological polar surface area (TPSA) is 84.2 Å². The lowest BCUT2D eigenvalue weighted by Gasteiger charge is -2.14. The fraction of sp³-hybridized carbons (Fsp3) is 0.500. The molecular weight excluding hydrogens is 250 g/mol. The maximum absolute atomic E-state index is 12.1. The van der Waals surface area contributed by atoms with Crippen LogP contribution in [0.5, 0.6) is 0 Å². The molecule has 0 unspecified atom stereocenters. The average Bonchev–Trinajstić information content (AvgIpc) is 2.28. The Bertz CT molecular complexity index is 472. The number of hydrogen-bond donors (Lipinski definition) is 3. The van der Waals surface area contributed by atoms with E-state index in [-0.39, 0.29) is 10.9 Å². The van der Waals surface area contributed by atoms with Gasteiger partial charge in [-0.25, -0.2) is 13.1 Å². The molecule has 5 nitrogen and oxygen atoms in total. The van der Waals surface area contributed by atoms with Gasteiger partial charge in [0.25, 0.3) is 0 Å². The average molecular weight is 271 g/mol. The maximum Gasteiger partial charge on any atom is 0.242 e. The number of rotatable bonds is 7. The minimum absolute atomic E-state index is 0.132. The molecule has 1 aromatic rings. The summed E-state index contributed by atoms with van der Waals surface area (Å²) in [6.07, 6.45) is 0.798. The first-order valence-corrected chi connectivity index (χ1v) is 7.51. The Morgan fingerprint density at radius 3 is 2.56 bits per heavy atom.